The third kappa shape index (κ3) is 2.24. The second kappa shape index (κ2) is 5.26. The van der Waals surface area contributed by atoms with Crippen molar-refractivity contribution in [3.05, 3.63) is 71.7 Å². The maximum Gasteiger partial charge on any atom is 0.132 e. The Labute approximate surface area is 129 Å². The predicted molar refractivity (Wildman–Crippen MR) is 84.7 cm³/mol. The number of fused-ring (bicyclic) bond motifs is 1. The van der Waals surface area contributed by atoms with Crippen LogP contribution in [0.2, 0.25) is 0 Å². The molecule has 2 aromatic heterocycles. The van der Waals surface area contributed by atoms with Gasteiger partial charge in [-0.3, -0.25) is 0 Å². The monoisotopic (exact) mass is 291 g/mol. The average molecular weight is 291 g/mol. The van der Waals surface area contributed by atoms with Gasteiger partial charge in [0.05, 0.1) is 24.3 Å². The summed E-state index contributed by atoms with van der Waals surface area (Å²) in [6.45, 7) is 3.59. The lowest BCUT2D eigenvalue weighted by atomic mass is 9.91. The Bertz CT molecular complexity index is 781. The number of nitrogens with zero attached hydrogens (tertiary/aromatic N) is 4. The van der Waals surface area contributed by atoms with E-state index in [0.29, 0.717) is 0 Å². The summed E-state index contributed by atoms with van der Waals surface area (Å²) in [6.07, 6.45) is 3.60. The van der Waals surface area contributed by atoms with Crippen molar-refractivity contribution >= 4 is 5.82 Å². The zero-order valence-electron chi connectivity index (χ0n) is 12.4. The highest BCUT2D eigenvalue weighted by molar-refractivity contribution is 5.45. The molecule has 3 heterocycles. The van der Waals surface area contributed by atoms with Gasteiger partial charge in [-0.1, -0.05) is 30.3 Å². The molecule has 0 amide bonds. The van der Waals surface area contributed by atoms with Gasteiger partial charge in [0, 0.05) is 18.7 Å². The van der Waals surface area contributed by atoms with E-state index in [0.717, 1.165) is 36.1 Å². The molecule has 0 saturated carbocycles. The molecule has 0 bridgehead atoms. The molecule has 0 spiro atoms. The van der Waals surface area contributed by atoms with Gasteiger partial charge in [-0.15, -0.1) is 0 Å². The molecule has 5 nitrogen and oxygen atoms in total. The first-order valence-electron chi connectivity index (χ1n) is 7.43. The molecule has 1 N–H and O–H groups in total. The normalized spacial score (nSPS) is 17.3. The van der Waals surface area contributed by atoms with E-state index in [9.17, 15) is 0 Å². The van der Waals surface area contributed by atoms with E-state index in [1.165, 1.54) is 5.56 Å². The molecule has 3 aromatic rings. The van der Waals surface area contributed by atoms with E-state index in [2.05, 4.69) is 49.1 Å². The number of aromatic amines is 1. The molecule has 0 radical (unpaired) electrons. The number of anilines is 1. The third-order valence-electron chi connectivity index (χ3n) is 4.12. The molecule has 1 unspecified atom stereocenters. The van der Waals surface area contributed by atoms with Gasteiger partial charge in [0.2, 0.25) is 0 Å². The van der Waals surface area contributed by atoms with E-state index in [4.69, 9.17) is 0 Å². The van der Waals surface area contributed by atoms with Crippen LogP contribution in [0.3, 0.4) is 0 Å². The van der Waals surface area contributed by atoms with Crippen LogP contribution in [0.1, 0.15) is 28.7 Å². The van der Waals surface area contributed by atoms with Crippen molar-refractivity contribution in [2.75, 3.05) is 11.4 Å². The summed E-state index contributed by atoms with van der Waals surface area (Å²) in [7, 11) is 0. The van der Waals surface area contributed by atoms with E-state index < -0.39 is 0 Å². The highest BCUT2D eigenvalue weighted by Crippen LogP contribution is 2.33. The number of nitrogens with one attached hydrogen (secondary N) is 1. The third-order valence-corrected chi connectivity index (χ3v) is 4.12. The Morgan fingerprint density at radius 2 is 2.00 bits per heavy atom. The Hall–Kier alpha value is -2.69. The zero-order chi connectivity index (χ0) is 14.9. The first-order chi connectivity index (χ1) is 10.8. The molecule has 22 heavy (non-hydrogen) atoms. The number of benzene rings is 1. The summed E-state index contributed by atoms with van der Waals surface area (Å²) < 4.78 is 0. The van der Waals surface area contributed by atoms with E-state index in [1.807, 2.05) is 25.3 Å². The number of aryl methyl sites for hydroxylation is 1. The van der Waals surface area contributed by atoms with E-state index in [-0.39, 0.29) is 5.92 Å². The smallest absolute Gasteiger partial charge is 0.132 e. The standard InChI is InChI=1S/C17H17N5/c1-12-18-8-7-16(21-12)22-9-14(13-5-3-2-4-6-13)17-15(10-22)19-11-20-17/h2-8,11,14H,9-10H2,1H3,(H,19,20). The molecule has 1 atom stereocenters. The molecule has 0 fully saturated rings. The Kier molecular flexibility index (Phi) is 3.11. The maximum atomic E-state index is 4.56. The van der Waals surface area contributed by atoms with Crippen LogP contribution >= 0.6 is 0 Å². The molecule has 1 aliphatic rings. The van der Waals surface area contributed by atoms with Gasteiger partial charge in [0.15, 0.2) is 0 Å². The number of aromatic nitrogens is 4. The summed E-state index contributed by atoms with van der Waals surface area (Å²) >= 11 is 0. The van der Waals surface area contributed by atoms with Gasteiger partial charge in [0.25, 0.3) is 0 Å². The first-order valence-corrected chi connectivity index (χ1v) is 7.43. The van der Waals surface area contributed by atoms with Gasteiger partial charge in [-0.25, -0.2) is 15.0 Å². The Morgan fingerprint density at radius 1 is 1.14 bits per heavy atom. The van der Waals surface area contributed by atoms with Crippen LogP contribution in [0.5, 0.6) is 0 Å². The number of hydrogen-bond donors (Lipinski definition) is 1. The van der Waals surface area contributed by atoms with Crippen LogP contribution in [-0.2, 0) is 6.54 Å². The van der Waals surface area contributed by atoms with Crippen molar-refractivity contribution < 1.29 is 0 Å². The van der Waals surface area contributed by atoms with Crippen LogP contribution in [0, 0.1) is 6.92 Å². The molecular formula is C17H17N5. The van der Waals surface area contributed by atoms with Gasteiger partial charge >= 0.3 is 0 Å². The van der Waals surface area contributed by atoms with Gasteiger partial charge in [0.1, 0.15) is 11.6 Å². The highest BCUT2D eigenvalue weighted by atomic mass is 15.2. The van der Waals surface area contributed by atoms with Crippen molar-refractivity contribution in [1.29, 1.82) is 0 Å². The van der Waals surface area contributed by atoms with Crippen LogP contribution in [0.15, 0.2) is 48.9 Å². The molecule has 5 heteroatoms. The highest BCUT2D eigenvalue weighted by Gasteiger charge is 2.29. The molecule has 110 valence electrons. The second-order valence-electron chi connectivity index (χ2n) is 5.57. The minimum absolute atomic E-state index is 0.256. The van der Waals surface area contributed by atoms with Gasteiger partial charge < -0.3 is 9.88 Å². The zero-order valence-corrected chi connectivity index (χ0v) is 12.4. The van der Waals surface area contributed by atoms with Crippen molar-refractivity contribution in [3.8, 4) is 0 Å². The molecular weight excluding hydrogens is 274 g/mol. The van der Waals surface area contributed by atoms with Crippen LogP contribution in [0.25, 0.3) is 0 Å². The van der Waals surface area contributed by atoms with Crippen LogP contribution < -0.4 is 4.90 Å². The minimum atomic E-state index is 0.256. The SMILES string of the molecule is Cc1nccc(N2Cc3[nH]cnc3C(c3ccccc3)C2)n1. The van der Waals surface area contributed by atoms with Gasteiger partial charge in [-0.05, 0) is 18.6 Å². The molecule has 1 aromatic carbocycles. The summed E-state index contributed by atoms with van der Waals surface area (Å²) in [5.74, 6) is 2.02. The fourth-order valence-electron chi connectivity index (χ4n) is 3.06. The Morgan fingerprint density at radius 3 is 2.82 bits per heavy atom. The largest absolute Gasteiger partial charge is 0.350 e. The molecule has 1 aliphatic heterocycles. The predicted octanol–water partition coefficient (Wildman–Crippen LogP) is 2.66. The van der Waals surface area contributed by atoms with Crippen molar-refractivity contribution in [1.82, 2.24) is 19.9 Å². The number of rotatable bonds is 2. The number of H-pyrrole nitrogens is 1. The van der Waals surface area contributed by atoms with Crippen LogP contribution in [0.4, 0.5) is 5.82 Å². The minimum Gasteiger partial charge on any atom is -0.350 e. The lowest BCUT2D eigenvalue weighted by Gasteiger charge is -2.33. The second-order valence-corrected chi connectivity index (χ2v) is 5.57. The van der Waals surface area contributed by atoms with Crippen molar-refractivity contribution in [2.45, 2.75) is 19.4 Å². The van der Waals surface area contributed by atoms with Crippen molar-refractivity contribution in [2.24, 2.45) is 0 Å². The number of imidazole rings is 1. The summed E-state index contributed by atoms with van der Waals surface area (Å²) in [5.41, 5.74) is 3.59. The van der Waals surface area contributed by atoms with Gasteiger partial charge in [-0.2, -0.15) is 0 Å². The molecule has 4 rings (SSSR count). The van der Waals surface area contributed by atoms with E-state index >= 15 is 0 Å². The first kappa shape index (κ1) is 13.0. The lowest BCUT2D eigenvalue weighted by molar-refractivity contribution is 0.638. The fraction of sp³-hybridized carbons (Fsp3) is 0.235. The lowest BCUT2D eigenvalue weighted by Crippen LogP contribution is -2.35. The topological polar surface area (TPSA) is 57.7 Å². The molecule has 0 aliphatic carbocycles. The average Bonchev–Trinajstić information content (AvgIpc) is 3.03. The molecule has 0 saturated heterocycles. The fourth-order valence-corrected chi connectivity index (χ4v) is 3.06. The van der Waals surface area contributed by atoms with Crippen LogP contribution in [-0.4, -0.2) is 26.5 Å². The summed E-state index contributed by atoms with van der Waals surface area (Å²) in [5, 5.41) is 0. The summed E-state index contributed by atoms with van der Waals surface area (Å²) in [6, 6.07) is 12.5. The van der Waals surface area contributed by atoms with E-state index in [1.54, 1.807) is 6.33 Å². The van der Waals surface area contributed by atoms with Crippen molar-refractivity contribution in [3.63, 3.8) is 0 Å². The number of hydrogen-bond acceptors (Lipinski definition) is 4. The Balaban J connectivity index is 1.74. The quantitative estimate of drug-likeness (QED) is 0.788. The maximum absolute atomic E-state index is 4.56. The summed E-state index contributed by atoms with van der Waals surface area (Å²) in [4.78, 5) is 18.9.